The fraction of sp³-hybridized carbons (Fsp3) is 1.00. The molecule has 0 spiro atoms. The van der Waals surface area contributed by atoms with Crippen LogP contribution in [0.4, 0.5) is 0 Å². The van der Waals surface area contributed by atoms with Crippen molar-refractivity contribution in [2.24, 2.45) is 0 Å². The molecule has 6 nitrogen and oxygen atoms in total. The number of sulfonamides is 1. The molecular formula is C9H19NO5S2. The van der Waals surface area contributed by atoms with Crippen molar-refractivity contribution in [1.82, 2.24) is 4.72 Å². The lowest BCUT2D eigenvalue weighted by molar-refractivity contribution is 0.257. The lowest BCUT2D eigenvalue weighted by Crippen LogP contribution is -2.48. The number of nitrogens with one attached hydrogen (secondary N) is 1. The zero-order valence-electron chi connectivity index (χ0n) is 10.5. The lowest BCUT2D eigenvalue weighted by atomic mass is 10.1. The Kier molecular flexibility index (Phi) is 3.66. The first-order valence-corrected chi connectivity index (χ1v) is 8.46. The summed E-state index contributed by atoms with van der Waals surface area (Å²) in [6.45, 7) is 6.48. The first-order valence-electron chi connectivity index (χ1n) is 5.40. The molecule has 0 aromatic heterocycles. The molecule has 17 heavy (non-hydrogen) atoms. The molecule has 1 aliphatic rings. The Labute approximate surface area is 103 Å². The van der Waals surface area contributed by atoms with Crippen molar-refractivity contribution in [2.75, 3.05) is 5.75 Å². The first kappa shape index (κ1) is 14.9. The summed E-state index contributed by atoms with van der Waals surface area (Å²) in [6.07, 6.45) is 0.412. The molecule has 1 rings (SSSR count). The van der Waals surface area contributed by atoms with Crippen molar-refractivity contribution in [3.63, 3.8) is 0 Å². The minimum absolute atomic E-state index is 0.206. The zero-order chi connectivity index (χ0) is 13.5. The summed E-state index contributed by atoms with van der Waals surface area (Å²) in [5.41, 5.74) is -0.659. The van der Waals surface area contributed by atoms with E-state index in [0.717, 1.165) is 0 Å². The summed E-state index contributed by atoms with van der Waals surface area (Å²) in [5, 5.41) is 0. The molecular weight excluding hydrogens is 266 g/mol. The van der Waals surface area contributed by atoms with Crippen LogP contribution in [-0.2, 0) is 24.3 Å². The van der Waals surface area contributed by atoms with Crippen LogP contribution in [0.5, 0.6) is 0 Å². The Morgan fingerprint density at radius 1 is 1.18 bits per heavy atom. The molecule has 0 atom stereocenters. The van der Waals surface area contributed by atoms with Crippen molar-refractivity contribution in [1.29, 1.82) is 0 Å². The molecule has 0 aromatic carbocycles. The largest absolute Gasteiger partial charge is 0.268 e. The fourth-order valence-electron chi connectivity index (χ4n) is 1.29. The Balaban J connectivity index is 2.93. The highest BCUT2D eigenvalue weighted by Gasteiger charge is 2.59. The number of rotatable bonds is 5. The van der Waals surface area contributed by atoms with Gasteiger partial charge in [0.2, 0.25) is 15.0 Å². The molecule has 0 aromatic rings. The van der Waals surface area contributed by atoms with Gasteiger partial charge >= 0.3 is 0 Å². The minimum Gasteiger partial charge on any atom is -0.246 e. The molecule has 1 aliphatic carbocycles. The van der Waals surface area contributed by atoms with Gasteiger partial charge in [-0.1, -0.05) is 0 Å². The average Bonchev–Trinajstić information content (AvgIpc) is 2.81. The SMILES string of the molecule is CCS(=O)(=O)OC1(S(=O)(=O)NC(C)(C)C)CC1. The normalized spacial score (nSPS) is 20.2. The van der Waals surface area contributed by atoms with Gasteiger partial charge in [-0.2, -0.15) is 8.42 Å². The van der Waals surface area contributed by atoms with E-state index in [1.807, 2.05) is 0 Å². The number of hydrogen-bond acceptors (Lipinski definition) is 5. The van der Waals surface area contributed by atoms with E-state index in [9.17, 15) is 16.8 Å². The Bertz CT molecular complexity index is 482. The predicted molar refractivity (Wildman–Crippen MR) is 64.3 cm³/mol. The third kappa shape index (κ3) is 3.64. The molecule has 0 amide bonds. The first-order chi connectivity index (χ1) is 7.43. The van der Waals surface area contributed by atoms with Gasteiger partial charge in [0.1, 0.15) is 0 Å². The van der Waals surface area contributed by atoms with Crippen LogP contribution in [0.15, 0.2) is 0 Å². The van der Waals surface area contributed by atoms with E-state index in [4.69, 9.17) is 4.18 Å². The van der Waals surface area contributed by atoms with E-state index >= 15 is 0 Å². The third-order valence-electron chi connectivity index (χ3n) is 2.22. The fourth-order valence-corrected chi connectivity index (χ4v) is 4.33. The van der Waals surface area contributed by atoms with Gasteiger partial charge in [0.05, 0.1) is 5.75 Å². The predicted octanol–water partition coefficient (Wildman–Crippen LogP) is 0.561. The smallest absolute Gasteiger partial charge is 0.246 e. The van der Waals surface area contributed by atoms with Crippen LogP contribution in [0, 0.1) is 0 Å². The van der Waals surface area contributed by atoms with Crippen molar-refractivity contribution in [2.45, 2.75) is 51.0 Å². The molecule has 0 radical (unpaired) electrons. The summed E-state index contributed by atoms with van der Waals surface area (Å²) >= 11 is 0. The summed E-state index contributed by atoms with van der Waals surface area (Å²) < 4.78 is 54.0. The number of hydrogen-bond donors (Lipinski definition) is 1. The maximum absolute atomic E-state index is 12.0. The summed E-state index contributed by atoms with van der Waals surface area (Å²) in [5.74, 6) is -0.236. The van der Waals surface area contributed by atoms with Crippen LogP contribution in [0.1, 0.15) is 40.5 Å². The van der Waals surface area contributed by atoms with Gasteiger partial charge < -0.3 is 0 Å². The highest BCUT2D eigenvalue weighted by molar-refractivity contribution is 7.92. The Morgan fingerprint density at radius 3 is 1.94 bits per heavy atom. The second-order valence-electron chi connectivity index (χ2n) is 5.20. The van der Waals surface area contributed by atoms with Crippen LogP contribution in [0.2, 0.25) is 0 Å². The van der Waals surface area contributed by atoms with Crippen molar-refractivity contribution >= 4 is 20.1 Å². The molecule has 0 saturated heterocycles. The van der Waals surface area contributed by atoms with Crippen LogP contribution in [-0.4, -0.2) is 33.1 Å². The van der Waals surface area contributed by atoms with Gasteiger partial charge in [0, 0.05) is 5.54 Å². The third-order valence-corrected chi connectivity index (χ3v) is 5.96. The molecule has 1 fully saturated rings. The lowest BCUT2D eigenvalue weighted by Gasteiger charge is -2.24. The maximum Gasteiger partial charge on any atom is 0.268 e. The van der Waals surface area contributed by atoms with E-state index in [2.05, 4.69) is 4.72 Å². The molecule has 1 N–H and O–H groups in total. The molecule has 0 unspecified atom stereocenters. The topological polar surface area (TPSA) is 89.5 Å². The van der Waals surface area contributed by atoms with Crippen LogP contribution < -0.4 is 4.72 Å². The van der Waals surface area contributed by atoms with E-state index in [0.29, 0.717) is 0 Å². The Hall–Kier alpha value is -0.180. The monoisotopic (exact) mass is 285 g/mol. The summed E-state index contributed by atoms with van der Waals surface area (Å²) in [6, 6.07) is 0. The van der Waals surface area contributed by atoms with E-state index < -0.39 is 30.6 Å². The highest BCUT2D eigenvalue weighted by atomic mass is 32.2. The van der Waals surface area contributed by atoms with E-state index in [1.165, 1.54) is 6.92 Å². The van der Waals surface area contributed by atoms with Gasteiger partial charge in [-0.3, -0.25) is 0 Å². The van der Waals surface area contributed by atoms with Gasteiger partial charge in [0.25, 0.3) is 10.1 Å². The van der Waals surface area contributed by atoms with Gasteiger partial charge in [-0.05, 0) is 40.5 Å². The quantitative estimate of drug-likeness (QED) is 0.745. The Morgan fingerprint density at radius 2 is 1.65 bits per heavy atom. The van der Waals surface area contributed by atoms with Crippen molar-refractivity contribution < 1.29 is 21.0 Å². The van der Waals surface area contributed by atoms with Crippen molar-refractivity contribution in [3.8, 4) is 0 Å². The van der Waals surface area contributed by atoms with Crippen LogP contribution in [0.25, 0.3) is 0 Å². The molecule has 0 bridgehead atoms. The summed E-state index contributed by atoms with van der Waals surface area (Å²) in [4.78, 5) is -1.59. The second kappa shape index (κ2) is 4.18. The second-order valence-corrected chi connectivity index (χ2v) is 9.01. The standard InChI is InChI=1S/C9H19NO5S2/c1-5-16(11,12)15-9(6-7-9)17(13,14)10-8(2,3)4/h10H,5-7H2,1-4H3. The molecule has 102 valence electrons. The molecule has 1 saturated carbocycles. The maximum atomic E-state index is 12.0. The zero-order valence-corrected chi connectivity index (χ0v) is 12.1. The van der Waals surface area contributed by atoms with Gasteiger partial charge in [-0.15, -0.1) is 0 Å². The van der Waals surface area contributed by atoms with Crippen LogP contribution >= 0.6 is 0 Å². The van der Waals surface area contributed by atoms with Gasteiger partial charge in [0.15, 0.2) is 0 Å². The average molecular weight is 285 g/mol. The minimum atomic E-state index is -3.80. The molecule has 0 heterocycles. The van der Waals surface area contributed by atoms with Crippen LogP contribution in [0.3, 0.4) is 0 Å². The molecule has 8 heteroatoms. The van der Waals surface area contributed by atoms with Crippen molar-refractivity contribution in [3.05, 3.63) is 0 Å². The summed E-state index contributed by atoms with van der Waals surface area (Å²) in [7, 11) is -7.57. The molecule has 0 aliphatic heterocycles. The van der Waals surface area contributed by atoms with E-state index in [1.54, 1.807) is 20.8 Å². The van der Waals surface area contributed by atoms with Gasteiger partial charge in [-0.25, -0.2) is 17.3 Å². The van der Waals surface area contributed by atoms with E-state index in [-0.39, 0.29) is 18.6 Å². The highest BCUT2D eigenvalue weighted by Crippen LogP contribution is 2.45.